The third-order valence-corrected chi connectivity index (χ3v) is 5.50. The molecule has 0 radical (unpaired) electrons. The van der Waals surface area contributed by atoms with Crippen molar-refractivity contribution in [2.45, 2.75) is 6.54 Å². The number of aromatic nitrogens is 2. The van der Waals surface area contributed by atoms with Crippen molar-refractivity contribution in [3.05, 3.63) is 120 Å². The van der Waals surface area contributed by atoms with Gasteiger partial charge in [0, 0.05) is 17.7 Å². The lowest BCUT2D eigenvalue weighted by Crippen LogP contribution is -2.22. The molecular formula is C28H22N4O2. The van der Waals surface area contributed by atoms with E-state index in [0.29, 0.717) is 23.6 Å². The van der Waals surface area contributed by atoms with E-state index in [2.05, 4.69) is 20.6 Å². The van der Waals surface area contributed by atoms with Crippen molar-refractivity contribution in [2.75, 3.05) is 5.32 Å². The zero-order valence-electron chi connectivity index (χ0n) is 18.3. The van der Waals surface area contributed by atoms with Crippen LogP contribution in [0.2, 0.25) is 0 Å². The molecule has 166 valence electrons. The van der Waals surface area contributed by atoms with E-state index in [9.17, 15) is 9.59 Å². The van der Waals surface area contributed by atoms with Crippen LogP contribution in [-0.4, -0.2) is 21.8 Å². The van der Waals surface area contributed by atoms with Crippen LogP contribution < -0.4 is 10.6 Å². The Morgan fingerprint density at radius 2 is 1.41 bits per heavy atom. The highest BCUT2D eigenvalue weighted by atomic mass is 16.2. The fourth-order valence-electron chi connectivity index (χ4n) is 3.74. The lowest BCUT2D eigenvalue weighted by atomic mass is 10.0. The molecule has 0 atom stereocenters. The molecule has 2 amide bonds. The van der Waals surface area contributed by atoms with E-state index >= 15 is 0 Å². The van der Waals surface area contributed by atoms with Crippen molar-refractivity contribution < 1.29 is 9.59 Å². The van der Waals surface area contributed by atoms with Crippen molar-refractivity contribution in [3.8, 4) is 11.1 Å². The van der Waals surface area contributed by atoms with Crippen LogP contribution in [0.5, 0.6) is 0 Å². The average Bonchev–Trinajstić information content (AvgIpc) is 3.30. The third kappa shape index (κ3) is 4.71. The van der Waals surface area contributed by atoms with E-state index in [1.165, 1.54) is 0 Å². The van der Waals surface area contributed by atoms with Crippen LogP contribution in [0.15, 0.2) is 103 Å². The van der Waals surface area contributed by atoms with Crippen LogP contribution in [0.4, 0.5) is 5.95 Å². The number of nitrogens with zero attached hydrogens (tertiary/aromatic N) is 1. The summed E-state index contributed by atoms with van der Waals surface area (Å²) < 4.78 is 0. The second-order valence-corrected chi connectivity index (χ2v) is 7.89. The molecule has 0 aliphatic rings. The van der Waals surface area contributed by atoms with Gasteiger partial charge < -0.3 is 10.3 Å². The predicted octanol–water partition coefficient (Wildman–Crippen LogP) is 5.41. The summed E-state index contributed by atoms with van der Waals surface area (Å²) in [6.07, 6.45) is 0. The number of nitrogens with one attached hydrogen (secondary N) is 3. The molecule has 0 unspecified atom stereocenters. The molecule has 1 aromatic heterocycles. The number of H-pyrrole nitrogens is 1. The van der Waals surface area contributed by atoms with E-state index in [0.717, 1.165) is 27.7 Å². The van der Waals surface area contributed by atoms with Gasteiger partial charge in [-0.2, -0.15) is 0 Å². The first kappa shape index (κ1) is 21.2. The first-order valence-corrected chi connectivity index (χ1v) is 10.9. The van der Waals surface area contributed by atoms with E-state index in [-0.39, 0.29) is 11.8 Å². The summed E-state index contributed by atoms with van der Waals surface area (Å²) >= 11 is 0. The maximum Gasteiger partial charge on any atom is 0.257 e. The van der Waals surface area contributed by atoms with Gasteiger partial charge in [0.1, 0.15) is 0 Å². The second-order valence-electron chi connectivity index (χ2n) is 7.89. The number of fused-ring (bicyclic) bond motifs is 1. The highest BCUT2D eigenvalue weighted by Gasteiger charge is 2.11. The SMILES string of the molecule is O=C(NCc1ccccc1)c1cccc(-c2ccc3nc(NC(=O)c4ccccc4)[nH]c3c2)c1. The Morgan fingerprint density at radius 1 is 0.706 bits per heavy atom. The van der Waals surface area contributed by atoms with Gasteiger partial charge in [-0.15, -0.1) is 0 Å². The number of carbonyl (C=O) groups excluding carboxylic acids is 2. The normalized spacial score (nSPS) is 10.7. The van der Waals surface area contributed by atoms with Crippen molar-refractivity contribution in [2.24, 2.45) is 0 Å². The lowest BCUT2D eigenvalue weighted by Gasteiger charge is -2.08. The van der Waals surface area contributed by atoms with Crippen LogP contribution >= 0.6 is 0 Å². The van der Waals surface area contributed by atoms with Crippen molar-refractivity contribution >= 4 is 28.8 Å². The molecule has 3 N–H and O–H groups in total. The number of benzene rings is 4. The molecule has 0 saturated carbocycles. The molecule has 0 spiro atoms. The van der Waals surface area contributed by atoms with Gasteiger partial charge in [-0.1, -0.05) is 66.7 Å². The zero-order chi connectivity index (χ0) is 23.3. The van der Waals surface area contributed by atoms with Crippen LogP contribution in [0.3, 0.4) is 0 Å². The highest BCUT2D eigenvalue weighted by Crippen LogP contribution is 2.25. The number of hydrogen-bond donors (Lipinski definition) is 3. The first-order chi connectivity index (χ1) is 16.7. The fraction of sp³-hybridized carbons (Fsp3) is 0.0357. The summed E-state index contributed by atoms with van der Waals surface area (Å²) in [5.74, 6) is 0.0309. The van der Waals surface area contributed by atoms with Gasteiger partial charge in [-0.3, -0.25) is 14.9 Å². The van der Waals surface area contributed by atoms with E-state index in [1.54, 1.807) is 18.2 Å². The summed E-state index contributed by atoms with van der Waals surface area (Å²) in [4.78, 5) is 32.7. The summed E-state index contributed by atoms with van der Waals surface area (Å²) in [5.41, 5.74) is 5.59. The van der Waals surface area contributed by atoms with Crippen LogP contribution in [0.25, 0.3) is 22.2 Å². The van der Waals surface area contributed by atoms with Gasteiger partial charge in [-0.25, -0.2) is 4.98 Å². The largest absolute Gasteiger partial charge is 0.348 e. The molecule has 4 aromatic carbocycles. The molecule has 5 aromatic rings. The molecular weight excluding hydrogens is 424 g/mol. The Kier molecular flexibility index (Phi) is 5.86. The van der Waals surface area contributed by atoms with Crippen molar-refractivity contribution in [1.29, 1.82) is 0 Å². The van der Waals surface area contributed by atoms with Gasteiger partial charge in [0.05, 0.1) is 11.0 Å². The molecule has 6 heteroatoms. The van der Waals surface area contributed by atoms with E-state index < -0.39 is 0 Å². The quantitative estimate of drug-likeness (QED) is 0.326. The van der Waals surface area contributed by atoms with Gasteiger partial charge >= 0.3 is 0 Å². The molecule has 6 nitrogen and oxygen atoms in total. The minimum atomic E-state index is -0.228. The number of carbonyl (C=O) groups is 2. The summed E-state index contributed by atoms with van der Waals surface area (Å²) in [6, 6.07) is 32.1. The third-order valence-electron chi connectivity index (χ3n) is 5.50. The minimum Gasteiger partial charge on any atom is -0.348 e. The maximum atomic E-state index is 12.7. The van der Waals surface area contributed by atoms with E-state index in [1.807, 2.05) is 84.9 Å². The lowest BCUT2D eigenvalue weighted by molar-refractivity contribution is 0.0950. The topological polar surface area (TPSA) is 86.9 Å². The molecule has 0 aliphatic carbocycles. The van der Waals surface area contributed by atoms with E-state index in [4.69, 9.17) is 0 Å². The number of anilines is 1. The molecule has 34 heavy (non-hydrogen) atoms. The fourth-order valence-corrected chi connectivity index (χ4v) is 3.74. The van der Waals surface area contributed by atoms with Gasteiger partial charge in [-0.05, 0) is 53.1 Å². The van der Waals surface area contributed by atoms with Gasteiger partial charge in [0.15, 0.2) is 0 Å². The second kappa shape index (κ2) is 9.42. The van der Waals surface area contributed by atoms with Crippen molar-refractivity contribution in [1.82, 2.24) is 15.3 Å². The number of hydrogen-bond acceptors (Lipinski definition) is 3. The number of amides is 2. The maximum absolute atomic E-state index is 12.7. The van der Waals surface area contributed by atoms with Crippen molar-refractivity contribution in [3.63, 3.8) is 0 Å². The highest BCUT2D eigenvalue weighted by molar-refractivity contribution is 6.04. The smallest absolute Gasteiger partial charge is 0.257 e. The Bertz CT molecular complexity index is 1460. The van der Waals surface area contributed by atoms with Crippen LogP contribution in [-0.2, 0) is 6.54 Å². The standard InChI is InChI=1S/C28H22N4O2/c33-26(29-18-19-8-3-1-4-9-19)23-13-7-12-21(16-23)22-14-15-24-25(17-22)31-28(30-24)32-27(34)20-10-5-2-6-11-20/h1-17H,18H2,(H,29,33)(H2,30,31,32,34). The average molecular weight is 447 g/mol. The summed E-state index contributed by atoms with van der Waals surface area (Å²) in [6.45, 7) is 0.474. The Balaban J connectivity index is 1.33. The van der Waals surface area contributed by atoms with Gasteiger partial charge in [0.2, 0.25) is 5.95 Å². The Morgan fingerprint density at radius 3 is 2.21 bits per heavy atom. The molecule has 5 rings (SSSR count). The number of aromatic amines is 1. The molecule has 0 fully saturated rings. The molecule has 0 aliphatic heterocycles. The molecule has 0 bridgehead atoms. The zero-order valence-corrected chi connectivity index (χ0v) is 18.3. The monoisotopic (exact) mass is 446 g/mol. The molecule has 0 saturated heterocycles. The summed E-state index contributed by atoms with van der Waals surface area (Å²) in [5, 5.41) is 5.76. The summed E-state index contributed by atoms with van der Waals surface area (Å²) in [7, 11) is 0. The first-order valence-electron chi connectivity index (χ1n) is 10.9. The number of imidazole rings is 1. The Hall–Kier alpha value is -4.71. The molecule has 1 heterocycles. The van der Waals surface area contributed by atoms with Crippen LogP contribution in [0.1, 0.15) is 26.3 Å². The number of rotatable bonds is 6. The van der Waals surface area contributed by atoms with Gasteiger partial charge in [0.25, 0.3) is 11.8 Å². The minimum absolute atomic E-state index is 0.126. The predicted molar refractivity (Wildman–Crippen MR) is 134 cm³/mol. The van der Waals surface area contributed by atoms with Crippen LogP contribution in [0, 0.1) is 0 Å². The Labute approximate surface area is 196 Å².